The van der Waals surface area contributed by atoms with E-state index in [0.717, 1.165) is 33.2 Å². The maximum Gasteiger partial charge on any atom is 0.246 e. The molecule has 0 spiro atoms. The molecular weight excluding hydrogens is 366 g/mol. The van der Waals surface area contributed by atoms with Gasteiger partial charge in [-0.15, -0.1) is 11.3 Å². The summed E-state index contributed by atoms with van der Waals surface area (Å²) in [6.45, 7) is 5.75. The highest BCUT2D eigenvalue weighted by molar-refractivity contribution is 7.09. The first-order valence-corrected chi connectivity index (χ1v) is 9.54. The smallest absolute Gasteiger partial charge is 0.246 e. The van der Waals surface area contributed by atoms with Gasteiger partial charge in [0.25, 0.3) is 0 Å². The fraction of sp³-hybridized carbons (Fsp3) is 0.200. The summed E-state index contributed by atoms with van der Waals surface area (Å²) < 4.78 is 0. The quantitative estimate of drug-likeness (QED) is 0.608. The first-order valence-electron chi connectivity index (χ1n) is 8.28. The maximum atomic E-state index is 12.4. The van der Waals surface area contributed by atoms with Crippen LogP contribution in [0.3, 0.4) is 0 Å². The zero-order chi connectivity index (χ0) is 18.7. The number of carbonyl (C=O) groups excluding carboxylic acids is 1. The molecule has 2 aromatic carbocycles. The second-order valence-corrected chi connectivity index (χ2v) is 7.64. The Labute approximate surface area is 162 Å². The molecule has 0 aliphatic rings. The van der Waals surface area contributed by atoms with Crippen molar-refractivity contribution in [1.29, 1.82) is 0 Å². The molecule has 0 aliphatic heterocycles. The molecule has 4 nitrogen and oxygen atoms in total. The lowest BCUT2D eigenvalue weighted by Crippen LogP contribution is -2.32. The van der Waals surface area contributed by atoms with Crippen molar-refractivity contribution >= 4 is 40.2 Å². The minimum absolute atomic E-state index is 0.116. The van der Waals surface area contributed by atoms with Crippen LogP contribution in [-0.4, -0.2) is 16.9 Å². The van der Waals surface area contributed by atoms with E-state index in [1.54, 1.807) is 23.5 Å². The topological polar surface area (TPSA) is 54.0 Å². The number of nitrogens with zero attached hydrogens (tertiary/aromatic N) is 1. The minimum atomic E-state index is -0.388. The van der Waals surface area contributed by atoms with E-state index in [-0.39, 0.29) is 11.9 Å². The molecule has 134 valence electrons. The molecule has 0 bridgehead atoms. The Kier molecular flexibility index (Phi) is 5.59. The summed E-state index contributed by atoms with van der Waals surface area (Å²) in [7, 11) is 0. The molecular formula is C20H20ClN3OS. The lowest BCUT2D eigenvalue weighted by atomic mass is 10.1. The molecule has 3 rings (SSSR count). The van der Waals surface area contributed by atoms with Crippen LogP contribution in [0.5, 0.6) is 0 Å². The molecule has 0 aliphatic carbocycles. The number of rotatable bonds is 5. The van der Waals surface area contributed by atoms with Gasteiger partial charge in [-0.2, -0.15) is 0 Å². The van der Waals surface area contributed by atoms with Crippen LogP contribution in [0.25, 0.3) is 11.3 Å². The first kappa shape index (κ1) is 18.4. The number of anilines is 2. The second kappa shape index (κ2) is 7.89. The molecule has 26 heavy (non-hydrogen) atoms. The Balaban J connectivity index is 1.64. The molecule has 2 N–H and O–H groups in total. The van der Waals surface area contributed by atoms with Crippen LogP contribution in [0.4, 0.5) is 11.4 Å². The summed E-state index contributed by atoms with van der Waals surface area (Å²) >= 11 is 7.64. The van der Waals surface area contributed by atoms with Crippen LogP contribution in [0.1, 0.15) is 17.5 Å². The fourth-order valence-corrected chi connectivity index (χ4v) is 3.31. The van der Waals surface area contributed by atoms with Crippen LogP contribution in [0.15, 0.2) is 47.8 Å². The van der Waals surface area contributed by atoms with Gasteiger partial charge in [0.05, 0.1) is 10.7 Å². The van der Waals surface area contributed by atoms with E-state index in [9.17, 15) is 4.79 Å². The van der Waals surface area contributed by atoms with Crippen molar-refractivity contribution in [3.8, 4) is 11.3 Å². The highest BCUT2D eigenvalue weighted by atomic mass is 35.5. The van der Waals surface area contributed by atoms with E-state index in [1.165, 1.54) is 0 Å². The molecule has 6 heteroatoms. The van der Waals surface area contributed by atoms with Crippen LogP contribution in [-0.2, 0) is 4.79 Å². The summed E-state index contributed by atoms with van der Waals surface area (Å²) in [6.07, 6.45) is 0. The molecule has 0 fully saturated rings. The van der Waals surface area contributed by atoms with Gasteiger partial charge in [-0.25, -0.2) is 4.98 Å². The summed E-state index contributed by atoms with van der Waals surface area (Å²) in [4.78, 5) is 16.9. The summed E-state index contributed by atoms with van der Waals surface area (Å²) in [6, 6.07) is 13.0. The number of thiazole rings is 1. The Morgan fingerprint density at radius 2 is 1.88 bits per heavy atom. The molecule has 1 aromatic heterocycles. The Morgan fingerprint density at radius 1 is 1.15 bits per heavy atom. The van der Waals surface area contributed by atoms with E-state index >= 15 is 0 Å². The molecule has 1 heterocycles. The zero-order valence-electron chi connectivity index (χ0n) is 14.8. The summed E-state index contributed by atoms with van der Waals surface area (Å²) in [5.41, 5.74) is 4.61. The molecule has 0 unspecified atom stereocenters. The molecule has 0 radical (unpaired) electrons. The summed E-state index contributed by atoms with van der Waals surface area (Å²) in [5.74, 6) is -0.116. The SMILES string of the molecule is Cc1nc(-c2ccc(N[C@H](C)C(=O)Nc3cc(Cl)ccc3C)cc2)cs1. The van der Waals surface area contributed by atoms with E-state index in [2.05, 4.69) is 15.6 Å². The van der Waals surface area contributed by atoms with Gasteiger partial charge in [-0.3, -0.25) is 4.79 Å². The van der Waals surface area contributed by atoms with Gasteiger partial charge in [0.15, 0.2) is 0 Å². The Hall–Kier alpha value is -2.37. The number of halogens is 1. The number of benzene rings is 2. The second-order valence-electron chi connectivity index (χ2n) is 6.14. The zero-order valence-corrected chi connectivity index (χ0v) is 16.4. The van der Waals surface area contributed by atoms with Crippen molar-refractivity contribution < 1.29 is 4.79 Å². The number of nitrogens with one attached hydrogen (secondary N) is 2. The van der Waals surface area contributed by atoms with Crippen molar-refractivity contribution in [2.75, 3.05) is 10.6 Å². The third kappa shape index (κ3) is 4.42. The molecule has 0 saturated heterocycles. The molecule has 0 saturated carbocycles. The standard InChI is InChI=1S/C20H20ClN3OS/c1-12-4-7-16(21)10-18(12)24-20(25)13(2)22-17-8-5-15(6-9-17)19-11-26-14(3)23-19/h4-11,13,22H,1-3H3,(H,24,25)/t13-/m1/s1. The number of aromatic nitrogens is 1. The third-order valence-electron chi connectivity index (χ3n) is 4.03. The highest BCUT2D eigenvalue weighted by Gasteiger charge is 2.14. The van der Waals surface area contributed by atoms with Crippen LogP contribution in [0.2, 0.25) is 5.02 Å². The van der Waals surface area contributed by atoms with E-state index in [4.69, 9.17) is 11.6 Å². The van der Waals surface area contributed by atoms with Crippen molar-refractivity contribution in [2.24, 2.45) is 0 Å². The highest BCUT2D eigenvalue weighted by Crippen LogP contribution is 2.24. The van der Waals surface area contributed by atoms with Gasteiger partial charge < -0.3 is 10.6 Å². The normalized spacial score (nSPS) is 11.8. The number of amides is 1. The van der Waals surface area contributed by atoms with Crippen molar-refractivity contribution in [1.82, 2.24) is 4.98 Å². The van der Waals surface area contributed by atoms with Crippen molar-refractivity contribution in [2.45, 2.75) is 26.8 Å². The predicted octanol–water partition coefficient (Wildman–Crippen LogP) is 5.52. The van der Waals surface area contributed by atoms with Crippen molar-refractivity contribution in [3.05, 3.63) is 63.4 Å². The lowest BCUT2D eigenvalue weighted by Gasteiger charge is -2.16. The number of hydrogen-bond donors (Lipinski definition) is 2. The number of aryl methyl sites for hydroxylation is 2. The van der Waals surface area contributed by atoms with E-state index < -0.39 is 0 Å². The van der Waals surface area contributed by atoms with Gasteiger partial charge in [-0.1, -0.05) is 29.8 Å². The summed E-state index contributed by atoms with van der Waals surface area (Å²) in [5, 5.41) is 9.82. The van der Waals surface area contributed by atoms with Crippen LogP contribution < -0.4 is 10.6 Å². The molecule has 3 aromatic rings. The van der Waals surface area contributed by atoms with Crippen LogP contribution >= 0.6 is 22.9 Å². The molecule has 1 atom stereocenters. The Morgan fingerprint density at radius 3 is 2.54 bits per heavy atom. The number of hydrogen-bond acceptors (Lipinski definition) is 4. The van der Waals surface area contributed by atoms with Gasteiger partial charge in [0.2, 0.25) is 5.91 Å². The lowest BCUT2D eigenvalue weighted by molar-refractivity contribution is -0.116. The average Bonchev–Trinajstić information content (AvgIpc) is 3.05. The predicted molar refractivity (Wildman–Crippen MR) is 110 cm³/mol. The fourth-order valence-electron chi connectivity index (χ4n) is 2.52. The third-order valence-corrected chi connectivity index (χ3v) is 5.04. The van der Waals surface area contributed by atoms with Gasteiger partial charge in [0, 0.05) is 27.3 Å². The van der Waals surface area contributed by atoms with Gasteiger partial charge >= 0.3 is 0 Å². The number of carbonyl (C=O) groups is 1. The van der Waals surface area contributed by atoms with Gasteiger partial charge in [-0.05, 0) is 50.6 Å². The Bertz CT molecular complexity index is 921. The van der Waals surface area contributed by atoms with E-state index in [1.807, 2.05) is 56.5 Å². The molecule has 1 amide bonds. The maximum absolute atomic E-state index is 12.4. The minimum Gasteiger partial charge on any atom is -0.374 e. The average molecular weight is 386 g/mol. The van der Waals surface area contributed by atoms with E-state index in [0.29, 0.717) is 5.02 Å². The van der Waals surface area contributed by atoms with Crippen LogP contribution in [0, 0.1) is 13.8 Å². The van der Waals surface area contributed by atoms with Crippen molar-refractivity contribution in [3.63, 3.8) is 0 Å². The largest absolute Gasteiger partial charge is 0.374 e. The van der Waals surface area contributed by atoms with Gasteiger partial charge in [0.1, 0.15) is 6.04 Å². The monoisotopic (exact) mass is 385 g/mol. The first-order chi connectivity index (χ1) is 12.4.